The minimum absolute atomic E-state index is 0.0430. The summed E-state index contributed by atoms with van der Waals surface area (Å²) in [4.78, 5) is 53.5. The summed E-state index contributed by atoms with van der Waals surface area (Å²) in [6.45, 7) is 0.226. The van der Waals surface area contributed by atoms with Crippen molar-refractivity contribution >= 4 is 23.1 Å². The Morgan fingerprint density at radius 3 is 2.58 bits per heavy atom. The molecule has 3 N–H and O–H groups in total. The lowest BCUT2D eigenvalue weighted by molar-refractivity contribution is -0.384. The Bertz CT molecular complexity index is 1420. The number of carbonyl (C=O) groups excluding carboxylic acids is 1. The summed E-state index contributed by atoms with van der Waals surface area (Å²) < 4.78 is 1.21. The third kappa shape index (κ3) is 5.43. The minimum atomic E-state index is -0.793. The van der Waals surface area contributed by atoms with Crippen LogP contribution in [0, 0.1) is 10.1 Å². The van der Waals surface area contributed by atoms with E-state index in [4.69, 9.17) is 5.73 Å². The first-order chi connectivity index (χ1) is 17.3. The van der Waals surface area contributed by atoms with Crippen molar-refractivity contribution in [3.05, 3.63) is 108 Å². The molecule has 1 aromatic heterocycles. The fraction of sp³-hybridized carbons (Fsp3) is 0.269. The van der Waals surface area contributed by atoms with E-state index in [1.54, 1.807) is 0 Å². The number of H-pyrrole nitrogens is 1. The summed E-state index contributed by atoms with van der Waals surface area (Å²) in [7, 11) is 0. The first-order valence-corrected chi connectivity index (χ1v) is 11.8. The molecule has 0 spiro atoms. The molecule has 10 heteroatoms. The van der Waals surface area contributed by atoms with E-state index in [1.165, 1.54) is 39.3 Å². The van der Waals surface area contributed by atoms with Crippen molar-refractivity contribution < 1.29 is 9.72 Å². The Hall–Kier alpha value is -4.47. The largest absolute Gasteiger partial charge is 0.383 e. The molecule has 0 fully saturated rings. The van der Waals surface area contributed by atoms with Crippen LogP contribution < -0.4 is 21.9 Å². The Morgan fingerprint density at radius 1 is 1.11 bits per heavy atom. The summed E-state index contributed by atoms with van der Waals surface area (Å²) in [6.07, 6.45) is 6.67. The Morgan fingerprint density at radius 2 is 1.89 bits per heavy atom. The number of aromatic amines is 1. The molecule has 0 saturated heterocycles. The van der Waals surface area contributed by atoms with E-state index < -0.39 is 22.1 Å². The molecule has 0 bridgehead atoms. The number of amides is 1. The second-order valence-electron chi connectivity index (χ2n) is 8.69. The zero-order chi connectivity index (χ0) is 25.7. The van der Waals surface area contributed by atoms with Crippen molar-refractivity contribution in [3.63, 3.8) is 0 Å². The molecular formula is C26H27N5O5. The molecule has 1 amide bonds. The molecular weight excluding hydrogens is 462 g/mol. The summed E-state index contributed by atoms with van der Waals surface area (Å²) >= 11 is 0. The van der Waals surface area contributed by atoms with E-state index in [2.05, 4.69) is 11.1 Å². The van der Waals surface area contributed by atoms with Crippen LogP contribution in [-0.4, -0.2) is 26.9 Å². The topological polar surface area (TPSA) is 144 Å². The Balaban J connectivity index is 1.78. The standard InChI is InChI=1S/C26H27N5O5/c27-23-22(24(32)28-26(34)30(23)17-19-10-5-2-6-11-19)29(15-14-18-8-3-1-4-9-18)25(33)20-12-7-13-21(16-20)31(35)36/h2,5-8,10-13,16H,1,3-4,9,14-15,17,27H2,(H,28,32,34). The molecule has 1 aliphatic rings. The summed E-state index contributed by atoms with van der Waals surface area (Å²) in [5.74, 6) is -0.763. The van der Waals surface area contributed by atoms with Gasteiger partial charge >= 0.3 is 5.69 Å². The number of anilines is 2. The number of allylic oxidation sites excluding steroid dienone is 1. The fourth-order valence-corrected chi connectivity index (χ4v) is 4.37. The second-order valence-corrected chi connectivity index (χ2v) is 8.69. The van der Waals surface area contributed by atoms with Crippen LogP contribution in [0.15, 0.2) is 75.8 Å². The number of nitrogens with zero attached hydrogens (tertiary/aromatic N) is 3. The Kier molecular flexibility index (Phi) is 7.43. The first kappa shape index (κ1) is 24.6. The van der Waals surface area contributed by atoms with Gasteiger partial charge in [-0.2, -0.15) is 0 Å². The van der Waals surface area contributed by atoms with Gasteiger partial charge in [0.2, 0.25) is 0 Å². The van der Waals surface area contributed by atoms with E-state index in [0.29, 0.717) is 6.42 Å². The number of rotatable bonds is 8. The molecule has 0 saturated carbocycles. The highest BCUT2D eigenvalue weighted by atomic mass is 16.6. The molecule has 0 unspecified atom stereocenters. The van der Waals surface area contributed by atoms with Crippen LogP contribution in [0.4, 0.5) is 17.2 Å². The van der Waals surface area contributed by atoms with Crippen molar-refractivity contribution in [2.24, 2.45) is 0 Å². The SMILES string of the molecule is Nc1c(N(CCC2=CCCCC2)C(=O)c2cccc([N+](=O)[O-])c2)c(=O)[nH]c(=O)n1Cc1ccccc1. The number of nitrogens with one attached hydrogen (secondary N) is 1. The average molecular weight is 490 g/mol. The summed E-state index contributed by atoms with van der Waals surface area (Å²) in [5.41, 5.74) is 6.48. The van der Waals surface area contributed by atoms with Crippen LogP contribution in [0.1, 0.15) is 48.0 Å². The zero-order valence-electron chi connectivity index (χ0n) is 19.7. The van der Waals surface area contributed by atoms with Gasteiger partial charge in [-0.05, 0) is 43.7 Å². The third-order valence-corrected chi connectivity index (χ3v) is 6.26. The third-order valence-electron chi connectivity index (χ3n) is 6.26. The number of nitrogens with two attached hydrogens (primary N) is 1. The molecule has 2 aromatic carbocycles. The maximum absolute atomic E-state index is 13.6. The number of hydrogen-bond donors (Lipinski definition) is 2. The average Bonchev–Trinajstić information content (AvgIpc) is 2.89. The monoisotopic (exact) mass is 489 g/mol. The lowest BCUT2D eigenvalue weighted by Gasteiger charge is -2.25. The van der Waals surface area contributed by atoms with Crippen molar-refractivity contribution in [3.8, 4) is 0 Å². The molecule has 36 heavy (non-hydrogen) atoms. The number of nitro benzene ring substituents is 1. The number of aromatic nitrogens is 2. The fourth-order valence-electron chi connectivity index (χ4n) is 4.37. The number of non-ortho nitro benzene ring substituents is 1. The molecule has 1 aliphatic carbocycles. The lowest BCUT2D eigenvalue weighted by atomic mass is 9.97. The number of nitro groups is 1. The molecule has 186 valence electrons. The van der Waals surface area contributed by atoms with Crippen LogP contribution in [0.5, 0.6) is 0 Å². The molecule has 1 heterocycles. The summed E-state index contributed by atoms with van der Waals surface area (Å²) in [6, 6.07) is 14.4. The predicted molar refractivity (Wildman–Crippen MR) is 137 cm³/mol. The van der Waals surface area contributed by atoms with Crippen molar-refractivity contribution in [2.45, 2.75) is 38.6 Å². The number of carbonyl (C=O) groups is 1. The molecule has 0 radical (unpaired) electrons. The van der Waals surface area contributed by atoms with Gasteiger partial charge in [0, 0.05) is 24.2 Å². The highest BCUT2D eigenvalue weighted by molar-refractivity contribution is 6.07. The normalized spacial score (nSPS) is 13.2. The number of benzene rings is 2. The number of hydrogen-bond acceptors (Lipinski definition) is 6. The molecule has 0 aliphatic heterocycles. The summed E-state index contributed by atoms with van der Waals surface area (Å²) in [5, 5.41) is 11.3. The van der Waals surface area contributed by atoms with Gasteiger partial charge in [-0.1, -0.05) is 48.0 Å². The van der Waals surface area contributed by atoms with Gasteiger partial charge in [-0.25, -0.2) is 4.79 Å². The van der Waals surface area contributed by atoms with Crippen molar-refractivity contribution in [2.75, 3.05) is 17.2 Å². The molecule has 3 aromatic rings. The minimum Gasteiger partial charge on any atom is -0.383 e. The first-order valence-electron chi connectivity index (χ1n) is 11.8. The van der Waals surface area contributed by atoms with Gasteiger partial charge in [0.25, 0.3) is 17.2 Å². The van der Waals surface area contributed by atoms with Gasteiger partial charge in [0.05, 0.1) is 11.5 Å². The van der Waals surface area contributed by atoms with E-state index in [1.807, 2.05) is 30.3 Å². The maximum atomic E-state index is 13.6. The van der Waals surface area contributed by atoms with Gasteiger partial charge in [0.15, 0.2) is 5.69 Å². The van der Waals surface area contributed by atoms with E-state index in [9.17, 15) is 24.5 Å². The second kappa shape index (κ2) is 10.9. The predicted octanol–water partition coefficient (Wildman–Crippen LogP) is 3.61. The lowest BCUT2D eigenvalue weighted by Crippen LogP contribution is -2.42. The van der Waals surface area contributed by atoms with Gasteiger partial charge in [0.1, 0.15) is 5.82 Å². The smallest absolute Gasteiger partial charge is 0.330 e. The molecule has 10 nitrogen and oxygen atoms in total. The van der Waals surface area contributed by atoms with Crippen LogP contribution in [0.25, 0.3) is 0 Å². The number of nitrogen functional groups attached to an aromatic ring is 1. The van der Waals surface area contributed by atoms with E-state index >= 15 is 0 Å². The highest BCUT2D eigenvalue weighted by Gasteiger charge is 2.26. The quantitative estimate of drug-likeness (QED) is 0.281. The van der Waals surface area contributed by atoms with Crippen molar-refractivity contribution in [1.29, 1.82) is 0 Å². The molecule has 0 atom stereocenters. The van der Waals surface area contributed by atoms with E-state index in [0.717, 1.165) is 31.2 Å². The molecule has 4 rings (SSSR count). The van der Waals surface area contributed by atoms with Crippen LogP contribution in [-0.2, 0) is 6.54 Å². The highest BCUT2D eigenvalue weighted by Crippen LogP contribution is 2.25. The van der Waals surface area contributed by atoms with Crippen LogP contribution in [0.3, 0.4) is 0 Å². The van der Waals surface area contributed by atoms with Gasteiger partial charge in [-0.3, -0.25) is 29.3 Å². The van der Waals surface area contributed by atoms with Crippen LogP contribution >= 0.6 is 0 Å². The van der Waals surface area contributed by atoms with Crippen molar-refractivity contribution in [1.82, 2.24) is 9.55 Å². The van der Waals surface area contributed by atoms with Gasteiger partial charge in [-0.15, -0.1) is 0 Å². The van der Waals surface area contributed by atoms with Gasteiger partial charge < -0.3 is 10.6 Å². The zero-order valence-corrected chi connectivity index (χ0v) is 19.7. The van der Waals surface area contributed by atoms with E-state index in [-0.39, 0.29) is 35.8 Å². The Labute approximate surface area is 206 Å². The maximum Gasteiger partial charge on any atom is 0.330 e. The van der Waals surface area contributed by atoms with Crippen LogP contribution in [0.2, 0.25) is 0 Å².